The van der Waals surface area contributed by atoms with Gasteiger partial charge in [-0.15, -0.1) is 0 Å². The third kappa shape index (κ3) is 3.13. The van der Waals surface area contributed by atoms with Crippen LogP contribution in [0.1, 0.15) is 11.1 Å². The lowest BCUT2D eigenvalue weighted by Gasteiger charge is -2.12. The molecule has 0 spiro atoms. The van der Waals surface area contributed by atoms with Crippen molar-refractivity contribution in [3.63, 3.8) is 0 Å². The Morgan fingerprint density at radius 1 is 0.815 bits per heavy atom. The number of hydrogen-bond donors (Lipinski definition) is 1. The van der Waals surface area contributed by atoms with Crippen LogP contribution in [0.5, 0.6) is 11.5 Å². The van der Waals surface area contributed by atoms with Crippen LogP contribution in [0.15, 0.2) is 65.6 Å². The molecule has 1 aliphatic carbocycles. The Morgan fingerprint density at radius 3 is 2.33 bits per heavy atom. The van der Waals surface area contributed by atoms with Crippen molar-refractivity contribution in [1.82, 2.24) is 0 Å². The van der Waals surface area contributed by atoms with Crippen LogP contribution < -0.4 is 14.2 Å². The van der Waals surface area contributed by atoms with Crippen LogP contribution in [-0.4, -0.2) is 22.6 Å². The highest BCUT2D eigenvalue weighted by Gasteiger charge is 2.21. The van der Waals surface area contributed by atoms with Gasteiger partial charge in [-0.3, -0.25) is 4.72 Å². The van der Waals surface area contributed by atoms with E-state index in [0.717, 1.165) is 17.5 Å². The quantitative estimate of drug-likeness (QED) is 0.566. The van der Waals surface area contributed by atoms with Crippen LogP contribution in [0.25, 0.3) is 11.1 Å². The number of anilines is 1. The van der Waals surface area contributed by atoms with Crippen LogP contribution in [0.2, 0.25) is 0 Å². The fraction of sp³-hybridized carbons (Fsp3) is 0.143. The minimum absolute atomic E-state index is 0.112. The van der Waals surface area contributed by atoms with Gasteiger partial charge in [0.2, 0.25) is 0 Å². The average molecular weight is 381 g/mol. The molecule has 0 aliphatic heterocycles. The minimum atomic E-state index is -3.75. The first-order valence-electron chi connectivity index (χ1n) is 8.48. The Kier molecular flexibility index (Phi) is 4.28. The molecule has 4 rings (SSSR count). The molecule has 1 aliphatic rings. The van der Waals surface area contributed by atoms with Gasteiger partial charge in [-0.2, -0.15) is 0 Å². The number of rotatable bonds is 5. The van der Waals surface area contributed by atoms with Crippen molar-refractivity contribution in [3.8, 4) is 22.6 Å². The van der Waals surface area contributed by atoms with Gasteiger partial charge in [0.1, 0.15) is 0 Å². The molecule has 0 saturated heterocycles. The third-order valence-electron chi connectivity index (χ3n) is 4.72. The van der Waals surface area contributed by atoms with Crippen LogP contribution >= 0.6 is 0 Å². The predicted molar refractivity (Wildman–Crippen MR) is 105 cm³/mol. The average Bonchev–Trinajstić information content (AvgIpc) is 3.05. The van der Waals surface area contributed by atoms with Crippen LogP contribution in [-0.2, 0) is 16.4 Å². The molecule has 0 atom stereocenters. The number of ether oxygens (including phenoxy) is 2. The molecule has 6 heteroatoms. The lowest BCUT2D eigenvalue weighted by atomic mass is 10.1. The number of methoxy groups -OCH3 is 2. The first-order valence-corrected chi connectivity index (χ1v) is 9.96. The molecular formula is C21H19NO4S. The smallest absolute Gasteiger partial charge is 0.262 e. The van der Waals surface area contributed by atoms with Gasteiger partial charge in [-0.1, -0.05) is 30.3 Å². The Morgan fingerprint density at radius 2 is 1.56 bits per heavy atom. The normalized spacial score (nSPS) is 12.2. The number of fused-ring (bicyclic) bond motifs is 3. The predicted octanol–water partition coefficient (Wildman–Crippen LogP) is 4.08. The van der Waals surface area contributed by atoms with Gasteiger partial charge < -0.3 is 9.47 Å². The van der Waals surface area contributed by atoms with E-state index in [1.807, 2.05) is 24.3 Å². The molecule has 3 aromatic carbocycles. The second-order valence-electron chi connectivity index (χ2n) is 6.33. The summed E-state index contributed by atoms with van der Waals surface area (Å²) in [6.45, 7) is 0. The van der Waals surface area contributed by atoms with E-state index in [-0.39, 0.29) is 4.90 Å². The van der Waals surface area contributed by atoms with Crippen molar-refractivity contribution >= 4 is 15.7 Å². The topological polar surface area (TPSA) is 64.6 Å². The Labute approximate surface area is 158 Å². The van der Waals surface area contributed by atoms with Crippen molar-refractivity contribution in [2.24, 2.45) is 0 Å². The van der Waals surface area contributed by atoms with Gasteiger partial charge in [-0.25, -0.2) is 8.42 Å². The highest BCUT2D eigenvalue weighted by Crippen LogP contribution is 2.38. The highest BCUT2D eigenvalue weighted by molar-refractivity contribution is 7.92. The summed E-state index contributed by atoms with van der Waals surface area (Å²) >= 11 is 0. The van der Waals surface area contributed by atoms with E-state index in [4.69, 9.17) is 9.47 Å². The van der Waals surface area contributed by atoms with Crippen molar-refractivity contribution in [1.29, 1.82) is 0 Å². The molecule has 27 heavy (non-hydrogen) atoms. The van der Waals surface area contributed by atoms with Crippen molar-refractivity contribution in [2.75, 3.05) is 18.9 Å². The van der Waals surface area contributed by atoms with Crippen LogP contribution in [0, 0.1) is 0 Å². The van der Waals surface area contributed by atoms with Gasteiger partial charge >= 0.3 is 0 Å². The zero-order chi connectivity index (χ0) is 19.0. The maximum absolute atomic E-state index is 12.8. The fourth-order valence-corrected chi connectivity index (χ4v) is 4.45. The molecule has 5 nitrogen and oxygen atoms in total. The highest BCUT2D eigenvalue weighted by atomic mass is 32.2. The molecule has 0 aromatic heterocycles. The monoisotopic (exact) mass is 381 g/mol. The zero-order valence-corrected chi connectivity index (χ0v) is 15.8. The molecule has 0 bridgehead atoms. The number of sulfonamides is 1. The Bertz CT molecular complexity index is 1120. The molecule has 138 valence electrons. The van der Waals surface area contributed by atoms with Gasteiger partial charge in [0.25, 0.3) is 10.0 Å². The maximum atomic E-state index is 12.8. The second kappa shape index (κ2) is 6.63. The number of benzene rings is 3. The standard InChI is InChI=1S/C21H19NO4S/c1-25-20-10-9-17(13-21(20)26-2)27(23,24)22-16-8-7-15-11-14-5-3-4-6-18(14)19(15)12-16/h3-10,12-13,22H,11H2,1-2H3. The molecule has 0 fully saturated rings. The van der Waals surface area contributed by atoms with Crippen molar-refractivity contribution < 1.29 is 17.9 Å². The summed E-state index contributed by atoms with van der Waals surface area (Å²) in [6.07, 6.45) is 0.869. The Hall–Kier alpha value is -2.99. The molecule has 3 aromatic rings. The first-order chi connectivity index (χ1) is 13.0. The van der Waals surface area contributed by atoms with E-state index in [0.29, 0.717) is 17.2 Å². The van der Waals surface area contributed by atoms with Gasteiger partial charge in [0.15, 0.2) is 11.5 Å². The largest absolute Gasteiger partial charge is 0.493 e. The Balaban J connectivity index is 1.67. The van der Waals surface area contributed by atoms with E-state index in [1.165, 1.54) is 37.5 Å². The van der Waals surface area contributed by atoms with Gasteiger partial charge in [0, 0.05) is 11.8 Å². The van der Waals surface area contributed by atoms with E-state index < -0.39 is 10.0 Å². The summed E-state index contributed by atoms with van der Waals surface area (Å²) in [5.41, 5.74) is 5.20. The number of hydrogen-bond acceptors (Lipinski definition) is 4. The lowest BCUT2D eigenvalue weighted by Crippen LogP contribution is -2.13. The summed E-state index contributed by atoms with van der Waals surface area (Å²) in [6, 6.07) is 18.4. The van der Waals surface area contributed by atoms with E-state index in [1.54, 1.807) is 12.1 Å². The first kappa shape index (κ1) is 17.4. The summed E-state index contributed by atoms with van der Waals surface area (Å²) in [5.74, 6) is 0.842. The fourth-order valence-electron chi connectivity index (χ4n) is 3.39. The molecule has 0 radical (unpaired) electrons. The van der Waals surface area contributed by atoms with E-state index in [9.17, 15) is 8.42 Å². The van der Waals surface area contributed by atoms with Gasteiger partial charge in [0.05, 0.1) is 19.1 Å². The molecule has 0 saturated carbocycles. The van der Waals surface area contributed by atoms with E-state index in [2.05, 4.69) is 16.9 Å². The summed E-state index contributed by atoms with van der Waals surface area (Å²) in [4.78, 5) is 0.112. The second-order valence-corrected chi connectivity index (χ2v) is 8.01. The molecular weight excluding hydrogens is 362 g/mol. The summed E-state index contributed by atoms with van der Waals surface area (Å²) < 4.78 is 38.6. The summed E-state index contributed by atoms with van der Waals surface area (Å²) in [5, 5.41) is 0. The van der Waals surface area contributed by atoms with E-state index >= 15 is 0 Å². The zero-order valence-electron chi connectivity index (χ0n) is 15.0. The van der Waals surface area contributed by atoms with Crippen LogP contribution in [0.3, 0.4) is 0 Å². The van der Waals surface area contributed by atoms with Crippen molar-refractivity contribution in [3.05, 3.63) is 71.8 Å². The number of nitrogens with one attached hydrogen (secondary N) is 1. The van der Waals surface area contributed by atoms with Crippen molar-refractivity contribution in [2.45, 2.75) is 11.3 Å². The third-order valence-corrected chi connectivity index (χ3v) is 6.09. The maximum Gasteiger partial charge on any atom is 0.262 e. The molecule has 0 unspecified atom stereocenters. The van der Waals surface area contributed by atoms with Gasteiger partial charge in [-0.05, 0) is 52.9 Å². The molecule has 0 heterocycles. The summed E-state index contributed by atoms with van der Waals surface area (Å²) in [7, 11) is -0.773. The minimum Gasteiger partial charge on any atom is -0.493 e. The lowest BCUT2D eigenvalue weighted by molar-refractivity contribution is 0.354. The molecule has 0 amide bonds. The van der Waals surface area contributed by atoms with Crippen LogP contribution in [0.4, 0.5) is 5.69 Å². The SMILES string of the molecule is COc1ccc(S(=O)(=O)Nc2ccc3c(c2)-c2ccccc2C3)cc1OC. The molecule has 1 N–H and O–H groups in total.